The second-order valence-electron chi connectivity index (χ2n) is 5.00. The van der Waals surface area contributed by atoms with Gasteiger partial charge in [0.2, 0.25) is 11.8 Å². The Labute approximate surface area is 143 Å². The summed E-state index contributed by atoms with van der Waals surface area (Å²) in [5.74, 6) is -0.480. The summed E-state index contributed by atoms with van der Waals surface area (Å²) in [6.45, 7) is 0.120. The average Bonchev–Trinajstić information content (AvgIpc) is 2.56. The van der Waals surface area contributed by atoms with E-state index in [1.165, 1.54) is 0 Å². The highest BCUT2D eigenvalue weighted by molar-refractivity contribution is 9.10. The molecule has 0 aliphatic heterocycles. The van der Waals surface area contributed by atoms with E-state index in [4.69, 9.17) is 0 Å². The molecule has 0 saturated heterocycles. The summed E-state index contributed by atoms with van der Waals surface area (Å²) in [5, 5.41) is 5.35. The van der Waals surface area contributed by atoms with Gasteiger partial charge in [-0.1, -0.05) is 30.3 Å². The lowest BCUT2D eigenvalue weighted by molar-refractivity contribution is -0.123. The zero-order valence-electron chi connectivity index (χ0n) is 12.8. The molecule has 2 rings (SSSR count). The van der Waals surface area contributed by atoms with E-state index in [1.54, 1.807) is 6.07 Å². The summed E-state index contributed by atoms with van der Waals surface area (Å²) in [5.41, 5.74) is 1.62. The van der Waals surface area contributed by atoms with Crippen molar-refractivity contribution in [3.63, 3.8) is 0 Å². The highest BCUT2D eigenvalue weighted by Crippen LogP contribution is 2.20. The standard InChI is InChI=1S/C17H18BrN3O2/c1-21(13-7-3-2-4-8-13)12-17(23)19-11-16(22)20-15-10-6-5-9-14(15)18/h2-10H,11-12H2,1H3,(H,19,23)(H,20,22). The number of amides is 2. The summed E-state index contributed by atoms with van der Waals surface area (Å²) in [4.78, 5) is 25.6. The molecule has 0 unspecified atom stereocenters. The normalized spacial score (nSPS) is 10.0. The number of hydrogen-bond donors (Lipinski definition) is 2. The van der Waals surface area contributed by atoms with Gasteiger partial charge >= 0.3 is 0 Å². The molecule has 0 heterocycles. The van der Waals surface area contributed by atoms with E-state index in [0.29, 0.717) is 5.69 Å². The number of rotatable bonds is 6. The molecule has 0 aromatic heterocycles. The van der Waals surface area contributed by atoms with Crippen molar-refractivity contribution in [1.82, 2.24) is 5.32 Å². The zero-order chi connectivity index (χ0) is 16.7. The number of hydrogen-bond acceptors (Lipinski definition) is 3. The number of para-hydroxylation sites is 2. The van der Waals surface area contributed by atoms with Crippen molar-refractivity contribution in [3.05, 3.63) is 59.1 Å². The van der Waals surface area contributed by atoms with E-state index >= 15 is 0 Å². The van der Waals surface area contributed by atoms with Crippen molar-refractivity contribution < 1.29 is 9.59 Å². The van der Waals surface area contributed by atoms with E-state index in [1.807, 2.05) is 60.5 Å². The monoisotopic (exact) mass is 375 g/mol. The highest BCUT2D eigenvalue weighted by atomic mass is 79.9. The van der Waals surface area contributed by atoms with Crippen molar-refractivity contribution >= 4 is 39.1 Å². The van der Waals surface area contributed by atoms with Crippen LogP contribution in [0.15, 0.2) is 59.1 Å². The fraction of sp³-hybridized carbons (Fsp3) is 0.176. The maximum absolute atomic E-state index is 11.9. The minimum atomic E-state index is -0.271. The number of nitrogens with one attached hydrogen (secondary N) is 2. The van der Waals surface area contributed by atoms with Crippen LogP contribution in [0.2, 0.25) is 0 Å². The van der Waals surface area contributed by atoms with Crippen LogP contribution in [-0.4, -0.2) is 32.0 Å². The number of anilines is 2. The minimum absolute atomic E-state index is 0.0667. The third kappa shape index (κ3) is 5.41. The number of halogens is 1. The predicted octanol–water partition coefficient (Wildman–Crippen LogP) is 2.64. The van der Waals surface area contributed by atoms with Crippen LogP contribution in [0.1, 0.15) is 0 Å². The minimum Gasteiger partial charge on any atom is -0.365 e. The van der Waals surface area contributed by atoms with Gasteiger partial charge in [0.15, 0.2) is 0 Å². The number of nitrogens with zero attached hydrogens (tertiary/aromatic N) is 1. The van der Waals surface area contributed by atoms with Crippen molar-refractivity contribution in [3.8, 4) is 0 Å². The average molecular weight is 376 g/mol. The van der Waals surface area contributed by atoms with E-state index in [2.05, 4.69) is 26.6 Å². The van der Waals surface area contributed by atoms with Crippen LogP contribution in [-0.2, 0) is 9.59 Å². The van der Waals surface area contributed by atoms with E-state index in [0.717, 1.165) is 10.2 Å². The third-order valence-electron chi connectivity index (χ3n) is 3.17. The number of benzene rings is 2. The number of carbonyl (C=O) groups excluding carboxylic acids is 2. The Morgan fingerprint density at radius 2 is 1.65 bits per heavy atom. The molecule has 2 aromatic carbocycles. The van der Waals surface area contributed by atoms with E-state index in [-0.39, 0.29) is 24.9 Å². The molecule has 6 heteroatoms. The highest BCUT2D eigenvalue weighted by Gasteiger charge is 2.10. The maximum Gasteiger partial charge on any atom is 0.243 e. The Morgan fingerprint density at radius 1 is 1.00 bits per heavy atom. The van der Waals surface area contributed by atoms with Crippen LogP contribution in [0.4, 0.5) is 11.4 Å². The Hall–Kier alpha value is -2.34. The second kappa shape index (κ2) is 8.33. The summed E-state index contributed by atoms with van der Waals surface area (Å²) in [7, 11) is 1.83. The van der Waals surface area contributed by atoms with Gasteiger partial charge in [0.25, 0.3) is 0 Å². The molecular formula is C17H18BrN3O2. The second-order valence-corrected chi connectivity index (χ2v) is 5.85. The fourth-order valence-electron chi connectivity index (χ4n) is 1.98. The Kier molecular flexibility index (Phi) is 6.17. The Bertz CT molecular complexity index is 677. The number of carbonyl (C=O) groups is 2. The summed E-state index contributed by atoms with van der Waals surface area (Å²) in [6, 6.07) is 16.9. The first-order chi connectivity index (χ1) is 11.1. The summed E-state index contributed by atoms with van der Waals surface area (Å²) < 4.78 is 0.795. The van der Waals surface area contributed by atoms with Crippen LogP contribution < -0.4 is 15.5 Å². The van der Waals surface area contributed by atoms with Gasteiger partial charge in [0, 0.05) is 17.2 Å². The first kappa shape index (κ1) is 17.0. The molecule has 5 nitrogen and oxygen atoms in total. The molecule has 23 heavy (non-hydrogen) atoms. The lowest BCUT2D eigenvalue weighted by atomic mass is 10.3. The molecule has 2 N–H and O–H groups in total. The molecule has 0 bridgehead atoms. The maximum atomic E-state index is 11.9. The molecule has 2 aromatic rings. The molecule has 0 aliphatic carbocycles. The summed E-state index contributed by atoms with van der Waals surface area (Å²) >= 11 is 3.35. The topological polar surface area (TPSA) is 61.4 Å². The van der Waals surface area contributed by atoms with Gasteiger partial charge in [0.1, 0.15) is 0 Å². The fourth-order valence-corrected chi connectivity index (χ4v) is 2.36. The predicted molar refractivity (Wildman–Crippen MR) is 95.5 cm³/mol. The molecule has 0 spiro atoms. The van der Waals surface area contributed by atoms with Gasteiger partial charge in [-0.25, -0.2) is 0 Å². The molecule has 0 fully saturated rings. The van der Waals surface area contributed by atoms with Gasteiger partial charge in [-0.15, -0.1) is 0 Å². The molecular weight excluding hydrogens is 358 g/mol. The van der Waals surface area contributed by atoms with Crippen molar-refractivity contribution in [2.45, 2.75) is 0 Å². The Balaban J connectivity index is 1.78. The molecule has 0 saturated carbocycles. The van der Waals surface area contributed by atoms with Crippen LogP contribution in [0.25, 0.3) is 0 Å². The molecule has 0 radical (unpaired) electrons. The smallest absolute Gasteiger partial charge is 0.243 e. The van der Waals surface area contributed by atoms with Gasteiger partial charge in [-0.3, -0.25) is 9.59 Å². The van der Waals surface area contributed by atoms with E-state index in [9.17, 15) is 9.59 Å². The van der Waals surface area contributed by atoms with Crippen molar-refractivity contribution in [1.29, 1.82) is 0 Å². The van der Waals surface area contributed by atoms with Crippen LogP contribution in [0, 0.1) is 0 Å². The molecule has 2 amide bonds. The third-order valence-corrected chi connectivity index (χ3v) is 3.86. The lowest BCUT2D eigenvalue weighted by Gasteiger charge is -2.18. The largest absolute Gasteiger partial charge is 0.365 e. The first-order valence-electron chi connectivity index (χ1n) is 7.13. The Morgan fingerprint density at radius 3 is 2.35 bits per heavy atom. The van der Waals surface area contributed by atoms with Crippen LogP contribution >= 0.6 is 15.9 Å². The lowest BCUT2D eigenvalue weighted by Crippen LogP contribution is -2.39. The summed E-state index contributed by atoms with van der Waals surface area (Å²) in [6.07, 6.45) is 0. The van der Waals surface area contributed by atoms with Crippen molar-refractivity contribution in [2.75, 3.05) is 30.4 Å². The van der Waals surface area contributed by atoms with Gasteiger partial charge in [-0.05, 0) is 40.2 Å². The van der Waals surface area contributed by atoms with Gasteiger partial charge in [-0.2, -0.15) is 0 Å². The number of likely N-dealkylation sites (N-methyl/N-ethyl adjacent to an activating group) is 1. The van der Waals surface area contributed by atoms with Crippen molar-refractivity contribution in [2.24, 2.45) is 0 Å². The van der Waals surface area contributed by atoms with Gasteiger partial charge < -0.3 is 15.5 Å². The van der Waals surface area contributed by atoms with Crippen LogP contribution in [0.3, 0.4) is 0 Å². The quantitative estimate of drug-likeness (QED) is 0.815. The van der Waals surface area contributed by atoms with Crippen LogP contribution in [0.5, 0.6) is 0 Å². The van der Waals surface area contributed by atoms with Gasteiger partial charge in [0.05, 0.1) is 18.8 Å². The zero-order valence-corrected chi connectivity index (χ0v) is 14.3. The molecule has 0 aliphatic rings. The van der Waals surface area contributed by atoms with E-state index < -0.39 is 0 Å². The molecule has 120 valence electrons. The first-order valence-corrected chi connectivity index (χ1v) is 7.93. The molecule has 0 atom stereocenters. The SMILES string of the molecule is CN(CC(=O)NCC(=O)Nc1ccccc1Br)c1ccccc1.